The highest BCUT2D eigenvalue weighted by atomic mass is 16.5. The van der Waals surface area contributed by atoms with Crippen molar-refractivity contribution in [3.63, 3.8) is 0 Å². The van der Waals surface area contributed by atoms with E-state index in [0.717, 1.165) is 5.57 Å². The van der Waals surface area contributed by atoms with Crippen LogP contribution in [0.1, 0.15) is 20.3 Å². The third kappa shape index (κ3) is 3.53. The van der Waals surface area contributed by atoms with Crippen LogP contribution in [0.4, 0.5) is 0 Å². The fourth-order valence-corrected chi connectivity index (χ4v) is 0.967. The lowest BCUT2D eigenvalue weighted by Gasteiger charge is -2.18. The molecule has 0 amide bonds. The molecule has 3 heteroatoms. The first-order valence-electron chi connectivity index (χ1n) is 3.89. The molecule has 0 fully saturated rings. The Kier molecular flexibility index (Phi) is 4.59. The molecule has 0 aliphatic heterocycles. The van der Waals surface area contributed by atoms with E-state index in [2.05, 4.69) is 6.58 Å². The maximum absolute atomic E-state index is 10.6. The minimum absolute atomic E-state index is 0.264. The predicted octanol–water partition coefficient (Wildman–Crippen LogP) is 1.69. The summed E-state index contributed by atoms with van der Waals surface area (Å²) >= 11 is 0. The van der Waals surface area contributed by atoms with Crippen molar-refractivity contribution in [3.8, 4) is 0 Å². The smallest absolute Gasteiger partial charge is 0.308 e. The molecule has 0 saturated heterocycles. The van der Waals surface area contributed by atoms with Gasteiger partial charge in [-0.2, -0.15) is 0 Å². The van der Waals surface area contributed by atoms with Gasteiger partial charge in [0, 0.05) is 7.11 Å². The first-order chi connectivity index (χ1) is 5.49. The molecule has 0 aliphatic rings. The maximum Gasteiger partial charge on any atom is 0.308 e. The summed E-state index contributed by atoms with van der Waals surface area (Å²) in [7, 11) is 1.52. The third-order valence-electron chi connectivity index (χ3n) is 1.80. The number of carbonyl (C=O) groups is 1. The molecule has 2 unspecified atom stereocenters. The van der Waals surface area contributed by atoms with Gasteiger partial charge in [0.15, 0.2) is 0 Å². The van der Waals surface area contributed by atoms with Gasteiger partial charge in [0.1, 0.15) is 0 Å². The Morgan fingerprint density at radius 2 is 2.17 bits per heavy atom. The van der Waals surface area contributed by atoms with E-state index in [1.807, 2.05) is 6.92 Å². The van der Waals surface area contributed by atoms with Gasteiger partial charge in [0.25, 0.3) is 0 Å². The van der Waals surface area contributed by atoms with Crippen molar-refractivity contribution < 1.29 is 14.6 Å². The molecule has 0 saturated carbocycles. The average molecular weight is 172 g/mol. The summed E-state index contributed by atoms with van der Waals surface area (Å²) in [6.45, 7) is 7.21. The number of hydrogen-bond acceptors (Lipinski definition) is 2. The van der Waals surface area contributed by atoms with Gasteiger partial charge < -0.3 is 9.84 Å². The second-order valence-electron chi connectivity index (χ2n) is 3.06. The highest BCUT2D eigenvalue weighted by Gasteiger charge is 2.22. The van der Waals surface area contributed by atoms with Crippen LogP contribution in [0.2, 0.25) is 0 Å². The summed E-state index contributed by atoms with van der Waals surface area (Å²) in [5.41, 5.74) is 0.940. The standard InChI is InChI=1S/C9H16O3/c1-6(2)5-8(12-4)7(3)9(10)11/h7-8H,1,5H2,2-4H3,(H,10,11). The number of carboxylic acid groups (broad SMARTS) is 1. The molecule has 0 heterocycles. The fourth-order valence-electron chi connectivity index (χ4n) is 0.967. The van der Waals surface area contributed by atoms with Gasteiger partial charge in [-0.05, 0) is 20.3 Å². The molecule has 0 bridgehead atoms. The van der Waals surface area contributed by atoms with Crippen LogP contribution in [0.5, 0.6) is 0 Å². The Hall–Kier alpha value is -0.830. The molecule has 0 aromatic carbocycles. The molecule has 2 atom stereocenters. The quantitative estimate of drug-likeness (QED) is 0.642. The van der Waals surface area contributed by atoms with Crippen LogP contribution >= 0.6 is 0 Å². The van der Waals surface area contributed by atoms with E-state index in [0.29, 0.717) is 6.42 Å². The molecule has 12 heavy (non-hydrogen) atoms. The van der Waals surface area contributed by atoms with E-state index in [4.69, 9.17) is 9.84 Å². The number of ether oxygens (including phenoxy) is 1. The lowest BCUT2D eigenvalue weighted by atomic mass is 9.99. The summed E-state index contributed by atoms with van der Waals surface area (Å²) in [5.74, 6) is -1.31. The van der Waals surface area contributed by atoms with Crippen molar-refractivity contribution in [2.45, 2.75) is 26.4 Å². The predicted molar refractivity (Wildman–Crippen MR) is 47.0 cm³/mol. The van der Waals surface area contributed by atoms with Crippen LogP contribution in [0.15, 0.2) is 12.2 Å². The number of hydrogen-bond donors (Lipinski definition) is 1. The van der Waals surface area contributed by atoms with Gasteiger partial charge in [-0.3, -0.25) is 4.79 Å². The molecule has 0 aromatic heterocycles. The van der Waals surface area contributed by atoms with Crippen LogP contribution < -0.4 is 0 Å². The molecule has 0 aromatic rings. The van der Waals surface area contributed by atoms with Gasteiger partial charge in [0.2, 0.25) is 0 Å². The van der Waals surface area contributed by atoms with Crippen LogP contribution in [0, 0.1) is 5.92 Å². The van der Waals surface area contributed by atoms with Crippen LogP contribution in [-0.2, 0) is 9.53 Å². The van der Waals surface area contributed by atoms with Crippen LogP contribution in [0.25, 0.3) is 0 Å². The normalized spacial score (nSPS) is 15.2. The Labute approximate surface area is 73.0 Å². The van der Waals surface area contributed by atoms with Gasteiger partial charge in [-0.25, -0.2) is 0 Å². The van der Waals surface area contributed by atoms with Crippen LogP contribution in [0.3, 0.4) is 0 Å². The third-order valence-corrected chi connectivity index (χ3v) is 1.80. The van der Waals surface area contributed by atoms with E-state index < -0.39 is 11.9 Å². The monoisotopic (exact) mass is 172 g/mol. The van der Waals surface area contributed by atoms with Crippen molar-refractivity contribution in [2.24, 2.45) is 5.92 Å². The van der Waals surface area contributed by atoms with E-state index in [9.17, 15) is 4.79 Å². The Morgan fingerprint density at radius 1 is 1.67 bits per heavy atom. The average Bonchev–Trinajstić information content (AvgIpc) is 1.98. The van der Waals surface area contributed by atoms with Crippen molar-refractivity contribution in [1.29, 1.82) is 0 Å². The van der Waals surface area contributed by atoms with Gasteiger partial charge in [-0.15, -0.1) is 6.58 Å². The van der Waals surface area contributed by atoms with Crippen molar-refractivity contribution in [3.05, 3.63) is 12.2 Å². The molecule has 0 radical (unpaired) electrons. The summed E-state index contributed by atoms with van der Waals surface area (Å²) in [6.07, 6.45) is 0.337. The minimum atomic E-state index is -0.830. The van der Waals surface area contributed by atoms with Crippen LogP contribution in [-0.4, -0.2) is 24.3 Å². The van der Waals surface area contributed by atoms with Crippen molar-refractivity contribution in [1.82, 2.24) is 0 Å². The molecule has 70 valence electrons. The van der Waals surface area contributed by atoms with Gasteiger partial charge in [-0.1, -0.05) is 5.57 Å². The zero-order valence-corrected chi connectivity index (χ0v) is 7.83. The van der Waals surface area contributed by atoms with Crippen molar-refractivity contribution in [2.75, 3.05) is 7.11 Å². The second-order valence-corrected chi connectivity index (χ2v) is 3.06. The highest BCUT2D eigenvalue weighted by molar-refractivity contribution is 5.70. The molecule has 0 aliphatic carbocycles. The summed E-state index contributed by atoms with van der Waals surface area (Å²) in [5, 5.41) is 8.69. The summed E-state index contributed by atoms with van der Waals surface area (Å²) < 4.78 is 5.04. The minimum Gasteiger partial charge on any atom is -0.481 e. The number of rotatable bonds is 5. The SMILES string of the molecule is C=C(C)CC(OC)C(C)C(=O)O. The number of carboxylic acids is 1. The van der Waals surface area contributed by atoms with E-state index >= 15 is 0 Å². The van der Waals surface area contributed by atoms with Crippen molar-refractivity contribution >= 4 is 5.97 Å². The zero-order valence-electron chi connectivity index (χ0n) is 7.83. The molecule has 3 nitrogen and oxygen atoms in total. The number of methoxy groups -OCH3 is 1. The highest BCUT2D eigenvalue weighted by Crippen LogP contribution is 2.14. The molecule has 0 rings (SSSR count). The molecular weight excluding hydrogens is 156 g/mol. The Bertz CT molecular complexity index is 175. The molecule has 0 spiro atoms. The largest absolute Gasteiger partial charge is 0.481 e. The summed E-state index contributed by atoms with van der Waals surface area (Å²) in [6, 6.07) is 0. The van der Waals surface area contributed by atoms with E-state index in [1.165, 1.54) is 7.11 Å². The number of aliphatic carboxylic acids is 1. The second kappa shape index (κ2) is 4.93. The fraction of sp³-hybridized carbons (Fsp3) is 0.667. The lowest BCUT2D eigenvalue weighted by Crippen LogP contribution is -2.27. The Balaban J connectivity index is 4.14. The molecule has 1 N–H and O–H groups in total. The first-order valence-corrected chi connectivity index (χ1v) is 3.89. The summed E-state index contributed by atoms with van der Waals surface area (Å²) in [4.78, 5) is 10.6. The Morgan fingerprint density at radius 3 is 2.42 bits per heavy atom. The van der Waals surface area contributed by atoms with Gasteiger partial charge >= 0.3 is 5.97 Å². The van der Waals surface area contributed by atoms with E-state index in [-0.39, 0.29) is 6.10 Å². The zero-order chi connectivity index (χ0) is 9.72. The molecular formula is C9H16O3. The lowest BCUT2D eigenvalue weighted by molar-refractivity contribution is -0.145. The van der Waals surface area contributed by atoms with E-state index in [1.54, 1.807) is 6.92 Å². The van der Waals surface area contributed by atoms with Gasteiger partial charge in [0.05, 0.1) is 12.0 Å². The first kappa shape index (κ1) is 11.2. The maximum atomic E-state index is 10.6. The topological polar surface area (TPSA) is 46.5 Å².